The van der Waals surface area contributed by atoms with Gasteiger partial charge in [-0.25, -0.2) is 0 Å². The first-order valence-corrected chi connectivity index (χ1v) is 7.54. The van der Waals surface area contributed by atoms with E-state index >= 15 is 0 Å². The summed E-state index contributed by atoms with van der Waals surface area (Å²) in [6.45, 7) is 16.9. The molecule has 2 bridgehead atoms. The molecule has 0 heterocycles. The Hall–Kier alpha value is -0.0400. The van der Waals surface area contributed by atoms with Gasteiger partial charge in [-0.1, -0.05) is 20.8 Å². The Labute approximate surface area is 108 Å². The van der Waals surface area contributed by atoms with Gasteiger partial charge in [-0.05, 0) is 63.7 Å². The van der Waals surface area contributed by atoms with Crippen LogP contribution in [0.2, 0.25) is 0 Å². The first-order chi connectivity index (χ1) is 7.76. The van der Waals surface area contributed by atoms with Crippen LogP contribution in [0.1, 0.15) is 61.3 Å². The van der Waals surface area contributed by atoms with Gasteiger partial charge in [0.15, 0.2) is 0 Å². The highest BCUT2D eigenvalue weighted by Crippen LogP contribution is 2.62. The van der Waals surface area contributed by atoms with Gasteiger partial charge in [-0.3, -0.25) is 4.90 Å². The summed E-state index contributed by atoms with van der Waals surface area (Å²) in [6.07, 6.45) is 2.93. The molecule has 0 aliphatic heterocycles. The zero-order valence-corrected chi connectivity index (χ0v) is 12.8. The van der Waals surface area contributed by atoms with Crippen LogP contribution in [0, 0.1) is 23.2 Å². The summed E-state index contributed by atoms with van der Waals surface area (Å²) >= 11 is 0. The number of hydrogen-bond acceptors (Lipinski definition) is 1. The Morgan fingerprint density at radius 2 is 1.53 bits per heavy atom. The zero-order chi connectivity index (χ0) is 13.0. The van der Waals surface area contributed by atoms with E-state index in [1.165, 1.54) is 12.8 Å². The molecule has 1 nitrogen and oxygen atoms in total. The van der Waals surface area contributed by atoms with E-state index in [0.717, 1.165) is 23.8 Å². The van der Waals surface area contributed by atoms with Crippen molar-refractivity contribution in [2.75, 3.05) is 0 Å². The van der Waals surface area contributed by atoms with E-state index in [1.54, 1.807) is 0 Å². The lowest BCUT2D eigenvalue weighted by atomic mass is 9.44. The lowest BCUT2D eigenvalue weighted by molar-refractivity contribution is -0.147. The largest absolute Gasteiger partial charge is 0.295 e. The van der Waals surface area contributed by atoms with Crippen molar-refractivity contribution in [2.45, 2.75) is 79.4 Å². The molecule has 0 spiro atoms. The molecule has 0 saturated heterocycles. The zero-order valence-electron chi connectivity index (χ0n) is 12.8. The van der Waals surface area contributed by atoms with Crippen molar-refractivity contribution in [3.8, 4) is 0 Å². The predicted molar refractivity (Wildman–Crippen MR) is 75.1 cm³/mol. The standard InChI is InChI=1S/C16H31N/c1-10(2)17(11(3)4)15-9-13-8-14(12(15)5)16(13,6)7/h10-15H,8-9H2,1-7H3/t12-,13?,14-,15?/m1/s1. The number of rotatable bonds is 3. The van der Waals surface area contributed by atoms with Crippen LogP contribution in [0.25, 0.3) is 0 Å². The van der Waals surface area contributed by atoms with Crippen molar-refractivity contribution in [1.29, 1.82) is 0 Å². The van der Waals surface area contributed by atoms with Crippen LogP contribution in [0.3, 0.4) is 0 Å². The molecule has 4 atom stereocenters. The monoisotopic (exact) mass is 237 g/mol. The van der Waals surface area contributed by atoms with Crippen molar-refractivity contribution in [2.24, 2.45) is 23.2 Å². The lowest BCUT2D eigenvalue weighted by Gasteiger charge is -2.64. The van der Waals surface area contributed by atoms with E-state index in [-0.39, 0.29) is 0 Å². The smallest absolute Gasteiger partial charge is 0.0132 e. The van der Waals surface area contributed by atoms with Gasteiger partial charge in [0, 0.05) is 18.1 Å². The number of hydrogen-bond donors (Lipinski definition) is 0. The highest BCUT2D eigenvalue weighted by molar-refractivity contribution is 5.07. The molecule has 3 fully saturated rings. The van der Waals surface area contributed by atoms with Gasteiger partial charge in [0.05, 0.1) is 0 Å². The average Bonchev–Trinajstić information content (AvgIpc) is 2.18. The minimum Gasteiger partial charge on any atom is -0.295 e. The molecule has 2 unspecified atom stereocenters. The first kappa shape index (κ1) is 13.4. The summed E-state index contributed by atoms with van der Waals surface area (Å²) < 4.78 is 0. The van der Waals surface area contributed by atoms with Crippen molar-refractivity contribution in [3.63, 3.8) is 0 Å². The molecule has 0 N–H and O–H groups in total. The molecule has 3 aliphatic carbocycles. The average molecular weight is 237 g/mol. The van der Waals surface area contributed by atoms with Gasteiger partial charge in [0.25, 0.3) is 0 Å². The fourth-order valence-corrected chi connectivity index (χ4v) is 4.88. The minimum absolute atomic E-state index is 0.621. The minimum atomic E-state index is 0.621. The fraction of sp³-hybridized carbons (Fsp3) is 1.00. The van der Waals surface area contributed by atoms with Gasteiger partial charge in [0.2, 0.25) is 0 Å². The quantitative estimate of drug-likeness (QED) is 0.712. The van der Waals surface area contributed by atoms with E-state index in [1.807, 2.05) is 0 Å². The normalized spacial score (nSPS) is 39.9. The molecule has 3 saturated carbocycles. The summed E-state index contributed by atoms with van der Waals surface area (Å²) in [6, 6.07) is 2.19. The van der Waals surface area contributed by atoms with Crippen LogP contribution in [0.15, 0.2) is 0 Å². The SMILES string of the molecule is CC(C)N(C(C)C)C1CC2C[C@H]([C@H]1C)C2(C)C. The summed E-state index contributed by atoms with van der Waals surface area (Å²) in [5.74, 6) is 2.82. The Bertz CT molecular complexity index is 271. The van der Waals surface area contributed by atoms with Crippen LogP contribution in [-0.2, 0) is 0 Å². The van der Waals surface area contributed by atoms with E-state index in [2.05, 4.69) is 53.4 Å². The number of nitrogens with zero attached hydrogens (tertiary/aromatic N) is 1. The molecule has 0 aromatic carbocycles. The first-order valence-electron chi connectivity index (χ1n) is 7.54. The van der Waals surface area contributed by atoms with E-state index < -0.39 is 0 Å². The lowest BCUT2D eigenvalue weighted by Crippen LogP contribution is -2.62. The second-order valence-corrected chi connectivity index (χ2v) is 7.66. The predicted octanol–water partition coefficient (Wildman–Crippen LogP) is 4.18. The highest BCUT2D eigenvalue weighted by Gasteiger charge is 2.57. The molecule has 3 rings (SSSR count). The molecule has 0 amide bonds. The van der Waals surface area contributed by atoms with Gasteiger partial charge >= 0.3 is 0 Å². The number of fused-ring (bicyclic) bond motifs is 2. The van der Waals surface area contributed by atoms with E-state index in [0.29, 0.717) is 17.5 Å². The molecule has 17 heavy (non-hydrogen) atoms. The van der Waals surface area contributed by atoms with Gasteiger partial charge in [-0.2, -0.15) is 0 Å². The Morgan fingerprint density at radius 1 is 1.00 bits per heavy atom. The molecule has 100 valence electrons. The molecule has 3 aliphatic rings. The third-order valence-electron chi connectivity index (χ3n) is 5.89. The second kappa shape index (κ2) is 4.26. The summed E-state index contributed by atoms with van der Waals surface area (Å²) in [5.41, 5.74) is 0.621. The van der Waals surface area contributed by atoms with Crippen LogP contribution >= 0.6 is 0 Å². The molecular weight excluding hydrogens is 206 g/mol. The highest BCUT2D eigenvalue weighted by atomic mass is 15.2. The molecular formula is C16H31N. The Balaban J connectivity index is 2.14. The van der Waals surface area contributed by atoms with Crippen molar-refractivity contribution in [3.05, 3.63) is 0 Å². The summed E-state index contributed by atoms with van der Waals surface area (Å²) in [5, 5.41) is 0. The molecule has 0 radical (unpaired) electrons. The van der Waals surface area contributed by atoms with Crippen LogP contribution < -0.4 is 0 Å². The Morgan fingerprint density at radius 3 is 1.88 bits per heavy atom. The van der Waals surface area contributed by atoms with Crippen molar-refractivity contribution in [1.82, 2.24) is 4.90 Å². The van der Waals surface area contributed by atoms with Crippen LogP contribution in [-0.4, -0.2) is 23.0 Å². The van der Waals surface area contributed by atoms with Crippen molar-refractivity contribution < 1.29 is 0 Å². The van der Waals surface area contributed by atoms with E-state index in [4.69, 9.17) is 0 Å². The maximum atomic E-state index is 2.76. The van der Waals surface area contributed by atoms with Crippen LogP contribution in [0.5, 0.6) is 0 Å². The third-order valence-corrected chi connectivity index (χ3v) is 5.89. The molecule has 0 aromatic heterocycles. The second-order valence-electron chi connectivity index (χ2n) is 7.66. The molecule has 1 heteroatoms. The van der Waals surface area contributed by atoms with Crippen molar-refractivity contribution >= 4 is 0 Å². The van der Waals surface area contributed by atoms with Crippen LogP contribution in [0.4, 0.5) is 0 Å². The maximum absolute atomic E-state index is 2.76. The third kappa shape index (κ3) is 1.95. The van der Waals surface area contributed by atoms with Gasteiger partial charge in [0.1, 0.15) is 0 Å². The summed E-state index contributed by atoms with van der Waals surface area (Å²) in [4.78, 5) is 2.76. The fourth-order valence-electron chi connectivity index (χ4n) is 4.88. The summed E-state index contributed by atoms with van der Waals surface area (Å²) in [7, 11) is 0. The van der Waals surface area contributed by atoms with Gasteiger partial charge in [-0.15, -0.1) is 0 Å². The Kier molecular flexibility index (Phi) is 3.36. The maximum Gasteiger partial charge on any atom is 0.0132 e. The van der Waals surface area contributed by atoms with E-state index in [9.17, 15) is 0 Å². The van der Waals surface area contributed by atoms with Gasteiger partial charge < -0.3 is 0 Å². The topological polar surface area (TPSA) is 3.24 Å². The molecule has 0 aromatic rings.